The molecule has 0 saturated carbocycles. The summed E-state index contributed by atoms with van der Waals surface area (Å²) in [5.41, 5.74) is 3.42. The second-order valence-corrected chi connectivity index (χ2v) is 8.76. The molecule has 0 amide bonds. The Bertz CT molecular complexity index is 1310. The number of ether oxygens (including phenoxy) is 2. The summed E-state index contributed by atoms with van der Waals surface area (Å²) in [6, 6.07) is 7.74. The van der Waals surface area contributed by atoms with Crippen molar-refractivity contribution in [1.29, 1.82) is 0 Å². The van der Waals surface area contributed by atoms with E-state index in [-0.39, 0.29) is 18.2 Å². The van der Waals surface area contributed by atoms with Gasteiger partial charge in [0.25, 0.3) is 6.01 Å². The number of nitrogens with one attached hydrogen (secondary N) is 1. The highest BCUT2D eigenvalue weighted by Crippen LogP contribution is 2.34. The third-order valence-corrected chi connectivity index (χ3v) is 6.06. The first-order chi connectivity index (χ1) is 17.4. The monoisotopic (exact) mass is 495 g/mol. The summed E-state index contributed by atoms with van der Waals surface area (Å²) in [6.45, 7) is 5.92. The lowest BCUT2D eigenvalue weighted by Gasteiger charge is -2.16. The van der Waals surface area contributed by atoms with Crippen LogP contribution in [-0.4, -0.2) is 72.8 Å². The van der Waals surface area contributed by atoms with Gasteiger partial charge in [0.2, 0.25) is 0 Å². The van der Waals surface area contributed by atoms with Crippen molar-refractivity contribution >= 4 is 28.3 Å². The Balaban J connectivity index is 0.000000623. The number of allylic oxidation sites excluding steroid dienone is 1. The third kappa shape index (κ3) is 4.75. The molecule has 2 aliphatic rings. The molecule has 0 aliphatic carbocycles. The summed E-state index contributed by atoms with van der Waals surface area (Å²) in [6.07, 6.45) is 0.132. The van der Waals surface area contributed by atoms with Crippen LogP contribution in [0.3, 0.4) is 0 Å². The quantitative estimate of drug-likeness (QED) is 0.339. The minimum Gasteiger partial charge on any atom is -0.876 e. The molecule has 0 spiro atoms. The molecule has 5 heterocycles. The number of aromatic nitrogens is 5. The summed E-state index contributed by atoms with van der Waals surface area (Å²) in [5, 5.41) is 33.7. The number of benzene rings is 1. The average molecular weight is 496 g/mol. The molecule has 6 rings (SSSR count). The van der Waals surface area contributed by atoms with Gasteiger partial charge >= 0.3 is 0 Å². The van der Waals surface area contributed by atoms with E-state index in [1.807, 2.05) is 24.3 Å². The average Bonchev–Trinajstić information content (AvgIpc) is 3.65. The Morgan fingerprint density at radius 3 is 2.78 bits per heavy atom. The number of fused-ring (bicyclic) bond motifs is 2. The zero-order valence-electron chi connectivity index (χ0n) is 19.6. The van der Waals surface area contributed by atoms with E-state index in [1.165, 1.54) is 13.3 Å². The number of rotatable bonds is 5. The van der Waals surface area contributed by atoms with Crippen LogP contribution in [0.5, 0.6) is 0 Å². The zero-order chi connectivity index (χ0) is 25.2. The van der Waals surface area contributed by atoms with Gasteiger partial charge in [0.15, 0.2) is 17.5 Å². The molecular formula is C24H27N6O6-. The van der Waals surface area contributed by atoms with Crippen LogP contribution in [-0.2, 0) is 9.47 Å². The molecule has 2 saturated heterocycles. The molecule has 0 bridgehead atoms. The third-order valence-electron chi connectivity index (χ3n) is 6.06. The minimum absolute atomic E-state index is 0.0833. The molecule has 5 atom stereocenters. The number of nitrogens with zero attached hydrogens (tertiary/aromatic N) is 5. The van der Waals surface area contributed by atoms with Crippen molar-refractivity contribution in [3.63, 3.8) is 0 Å². The van der Waals surface area contributed by atoms with Gasteiger partial charge in [-0.15, -0.1) is 12.3 Å². The number of oxazole rings is 1. The molecule has 0 radical (unpaired) electrons. The van der Waals surface area contributed by atoms with Gasteiger partial charge < -0.3 is 34.5 Å². The van der Waals surface area contributed by atoms with Gasteiger partial charge in [0, 0.05) is 19.1 Å². The molecule has 36 heavy (non-hydrogen) atoms. The lowest BCUT2D eigenvalue weighted by molar-refractivity contribution is -0.300. The molecule has 2 aliphatic heterocycles. The second kappa shape index (κ2) is 10.2. The molecule has 12 heteroatoms. The van der Waals surface area contributed by atoms with Crippen molar-refractivity contribution in [3.8, 4) is 0 Å². The van der Waals surface area contributed by atoms with E-state index in [0.29, 0.717) is 36.0 Å². The van der Waals surface area contributed by atoms with Crippen LogP contribution in [0.1, 0.15) is 31.2 Å². The predicted octanol–water partition coefficient (Wildman–Crippen LogP) is 1.08. The maximum atomic E-state index is 10.7. The number of aliphatic hydroxyl groups excluding tert-OH is 2. The van der Waals surface area contributed by atoms with E-state index in [2.05, 4.69) is 31.8 Å². The standard InChI is InChI=1S/C21H22N6O5.C3H6O/c28-17-14(7-22-21-26-12-3-1-2-4-13(12)32-21)31-20(18(17)29)27-10-25-16-15(11-5-6-30-8-11)23-9-24-19(16)27;1-3(2)4/h1-4,9-11,14,17-18,20,28-29H,5-8H2,(H,22,26);4H,1H2,2H3/p-1/t11?,14-,17+,18+,20-;/m1./s1. The maximum absolute atomic E-state index is 10.7. The lowest BCUT2D eigenvalue weighted by atomic mass is 10.0. The molecule has 3 aromatic heterocycles. The summed E-state index contributed by atoms with van der Waals surface area (Å²) in [4.78, 5) is 17.6. The van der Waals surface area contributed by atoms with E-state index in [0.717, 1.165) is 17.6 Å². The van der Waals surface area contributed by atoms with Gasteiger partial charge in [-0.05, 0) is 18.6 Å². The molecule has 4 aromatic rings. The highest BCUT2D eigenvalue weighted by atomic mass is 16.6. The second-order valence-electron chi connectivity index (χ2n) is 8.76. The zero-order valence-corrected chi connectivity index (χ0v) is 19.6. The van der Waals surface area contributed by atoms with Crippen LogP contribution in [0.2, 0.25) is 0 Å². The summed E-state index contributed by atoms with van der Waals surface area (Å²) in [7, 11) is 0. The fourth-order valence-corrected chi connectivity index (χ4v) is 4.37. The van der Waals surface area contributed by atoms with Crippen molar-refractivity contribution in [1.82, 2.24) is 24.5 Å². The minimum atomic E-state index is -1.16. The normalized spacial score (nSPS) is 25.7. The van der Waals surface area contributed by atoms with E-state index in [4.69, 9.17) is 13.9 Å². The number of imidazole rings is 1. The lowest BCUT2D eigenvalue weighted by Crippen LogP contribution is -2.35. The van der Waals surface area contributed by atoms with Crippen molar-refractivity contribution < 1.29 is 29.2 Å². The fraction of sp³-hybridized carbons (Fsp3) is 0.417. The van der Waals surface area contributed by atoms with Gasteiger partial charge in [-0.1, -0.05) is 19.1 Å². The first-order valence-corrected chi connectivity index (χ1v) is 11.6. The van der Waals surface area contributed by atoms with Gasteiger partial charge in [-0.3, -0.25) is 4.57 Å². The highest BCUT2D eigenvalue weighted by molar-refractivity contribution is 5.74. The summed E-state index contributed by atoms with van der Waals surface area (Å²) >= 11 is 0. The van der Waals surface area contributed by atoms with Crippen LogP contribution < -0.4 is 10.4 Å². The van der Waals surface area contributed by atoms with E-state index in [1.54, 1.807) is 10.9 Å². The van der Waals surface area contributed by atoms with Crippen molar-refractivity contribution in [2.75, 3.05) is 25.1 Å². The van der Waals surface area contributed by atoms with Gasteiger partial charge in [-0.25, -0.2) is 15.0 Å². The Kier molecular flexibility index (Phi) is 6.83. The predicted molar refractivity (Wildman–Crippen MR) is 127 cm³/mol. The smallest absolute Gasteiger partial charge is 0.295 e. The van der Waals surface area contributed by atoms with E-state index < -0.39 is 24.5 Å². The van der Waals surface area contributed by atoms with Crippen molar-refractivity contribution in [2.45, 2.75) is 43.8 Å². The summed E-state index contributed by atoms with van der Waals surface area (Å²) in [5.74, 6) is 0.0807. The molecule has 2 fully saturated rings. The number of aliphatic hydroxyl groups is 2. The van der Waals surface area contributed by atoms with Gasteiger partial charge in [-0.2, -0.15) is 4.98 Å². The van der Waals surface area contributed by atoms with E-state index in [9.17, 15) is 15.3 Å². The molecule has 12 nitrogen and oxygen atoms in total. The van der Waals surface area contributed by atoms with Gasteiger partial charge in [0.05, 0.1) is 18.6 Å². The van der Waals surface area contributed by atoms with Crippen LogP contribution in [0.25, 0.3) is 22.3 Å². The molecule has 1 unspecified atom stereocenters. The van der Waals surface area contributed by atoms with Crippen molar-refractivity contribution in [3.05, 3.63) is 55.0 Å². The van der Waals surface area contributed by atoms with E-state index >= 15 is 0 Å². The van der Waals surface area contributed by atoms with Crippen LogP contribution >= 0.6 is 0 Å². The Hall–Kier alpha value is -3.58. The van der Waals surface area contributed by atoms with Crippen LogP contribution in [0, 0.1) is 0 Å². The fourth-order valence-electron chi connectivity index (χ4n) is 4.37. The number of hydrogen-bond acceptors (Lipinski definition) is 11. The Morgan fingerprint density at radius 2 is 2.03 bits per heavy atom. The van der Waals surface area contributed by atoms with Crippen LogP contribution in [0.15, 0.2) is 53.7 Å². The first-order valence-electron chi connectivity index (χ1n) is 11.6. The number of anilines is 1. The molecular weight excluding hydrogens is 468 g/mol. The SMILES string of the molecule is C=C(C)[O-].O[C@@H]1[C@H](O)[C@H](n2cnc3c(C4CCOC4)ncnc32)O[C@@H]1CNc1nc2ccccc2o1. The maximum Gasteiger partial charge on any atom is 0.295 e. The summed E-state index contributed by atoms with van der Waals surface area (Å²) < 4.78 is 18.8. The largest absolute Gasteiger partial charge is 0.876 e. The highest BCUT2D eigenvalue weighted by Gasteiger charge is 2.44. The van der Waals surface area contributed by atoms with Crippen molar-refractivity contribution in [2.24, 2.45) is 0 Å². The molecule has 1 aromatic carbocycles. The van der Waals surface area contributed by atoms with Crippen LogP contribution in [0.4, 0.5) is 6.01 Å². The Morgan fingerprint density at radius 1 is 1.22 bits per heavy atom. The molecule has 3 N–H and O–H groups in total. The first kappa shape index (κ1) is 24.1. The molecule has 190 valence electrons. The number of para-hydroxylation sites is 2. The topological polar surface area (TPSA) is 164 Å². The van der Waals surface area contributed by atoms with Gasteiger partial charge in [0.1, 0.15) is 35.7 Å². The number of hydrogen-bond donors (Lipinski definition) is 3. The Labute approximate surface area is 206 Å².